The van der Waals surface area contributed by atoms with Gasteiger partial charge in [-0.2, -0.15) is 0 Å². The molecule has 0 atom stereocenters. The number of carbonyl (C=O) groups excluding carboxylic acids is 2. The third-order valence-corrected chi connectivity index (χ3v) is 4.70. The lowest BCUT2D eigenvalue weighted by Gasteiger charge is -2.14. The lowest BCUT2D eigenvalue weighted by Crippen LogP contribution is -2.20. The molecule has 0 fully saturated rings. The molecule has 0 aliphatic carbocycles. The summed E-state index contributed by atoms with van der Waals surface area (Å²) in [5.74, 6) is -1.18. The molecule has 0 aliphatic rings. The average Bonchev–Trinajstić information content (AvgIpc) is 2.84. The van der Waals surface area contributed by atoms with Gasteiger partial charge in [-0.1, -0.05) is 12.1 Å². The number of hydrogen-bond acceptors (Lipinski definition) is 8. The van der Waals surface area contributed by atoms with Gasteiger partial charge in [-0.3, -0.25) is 29.8 Å². The smallest absolute Gasteiger partial charge is 0.273 e. The Bertz CT molecular complexity index is 1190. The Labute approximate surface area is 192 Å². The fourth-order valence-electron chi connectivity index (χ4n) is 3.05. The first-order chi connectivity index (χ1) is 16.2. The van der Waals surface area contributed by atoms with E-state index in [0.29, 0.717) is 0 Å². The first-order valence-electron chi connectivity index (χ1n) is 9.61. The molecule has 0 radical (unpaired) electrons. The zero-order valence-electron chi connectivity index (χ0n) is 17.9. The summed E-state index contributed by atoms with van der Waals surface area (Å²) in [5, 5.41) is 27.1. The molecule has 0 spiro atoms. The van der Waals surface area contributed by atoms with Crippen LogP contribution in [0.4, 0.5) is 22.7 Å². The van der Waals surface area contributed by atoms with Gasteiger partial charge in [0, 0.05) is 12.1 Å². The van der Waals surface area contributed by atoms with Crippen LogP contribution in [0.2, 0.25) is 0 Å². The Morgan fingerprint density at radius 1 is 0.706 bits per heavy atom. The number of ether oxygens (including phenoxy) is 2. The Morgan fingerprint density at radius 3 is 1.41 bits per heavy atom. The van der Waals surface area contributed by atoms with E-state index < -0.39 is 21.7 Å². The molecule has 2 N–H and O–H groups in total. The van der Waals surface area contributed by atoms with Crippen LogP contribution in [0.3, 0.4) is 0 Å². The molecule has 0 aliphatic heterocycles. The standard InChI is InChI=1S/C22H18N4O8/c1-33-19-11-13(25(29)30)7-9-17(19)23-21(27)15-5-3-4-6-16(15)22(28)24-18-10-8-14(26(31)32)12-20(18)34-2/h3-12H,1-2H3,(H,23,27)(H,24,28). The highest BCUT2D eigenvalue weighted by atomic mass is 16.6. The molecule has 2 amide bonds. The van der Waals surface area contributed by atoms with Gasteiger partial charge in [-0.25, -0.2) is 0 Å². The van der Waals surface area contributed by atoms with E-state index in [4.69, 9.17) is 9.47 Å². The number of nitro groups is 2. The molecular weight excluding hydrogens is 448 g/mol. The van der Waals surface area contributed by atoms with Crippen molar-refractivity contribution in [1.29, 1.82) is 0 Å². The summed E-state index contributed by atoms with van der Waals surface area (Å²) >= 11 is 0. The average molecular weight is 466 g/mol. The van der Waals surface area contributed by atoms with Crippen molar-refractivity contribution in [2.75, 3.05) is 24.9 Å². The molecule has 0 saturated heterocycles. The van der Waals surface area contributed by atoms with E-state index >= 15 is 0 Å². The van der Waals surface area contributed by atoms with Gasteiger partial charge in [0.1, 0.15) is 11.5 Å². The second kappa shape index (κ2) is 10.1. The summed E-state index contributed by atoms with van der Waals surface area (Å²) in [6.07, 6.45) is 0. The van der Waals surface area contributed by atoms with Crippen LogP contribution in [-0.4, -0.2) is 35.9 Å². The van der Waals surface area contributed by atoms with Gasteiger partial charge in [0.25, 0.3) is 23.2 Å². The third-order valence-electron chi connectivity index (χ3n) is 4.70. The Morgan fingerprint density at radius 2 is 1.09 bits per heavy atom. The predicted molar refractivity (Wildman–Crippen MR) is 122 cm³/mol. The molecule has 0 bridgehead atoms. The van der Waals surface area contributed by atoms with Gasteiger partial charge in [0.05, 0.1) is 58.7 Å². The zero-order valence-corrected chi connectivity index (χ0v) is 17.9. The molecule has 174 valence electrons. The van der Waals surface area contributed by atoms with Crippen molar-refractivity contribution in [1.82, 2.24) is 0 Å². The lowest BCUT2D eigenvalue weighted by molar-refractivity contribution is -0.385. The fraction of sp³-hybridized carbons (Fsp3) is 0.0909. The monoisotopic (exact) mass is 466 g/mol. The quantitative estimate of drug-likeness (QED) is 0.371. The number of hydrogen-bond donors (Lipinski definition) is 2. The maximum Gasteiger partial charge on any atom is 0.273 e. The molecule has 12 heteroatoms. The molecule has 34 heavy (non-hydrogen) atoms. The summed E-state index contributed by atoms with van der Waals surface area (Å²) in [7, 11) is 2.60. The summed E-state index contributed by atoms with van der Waals surface area (Å²) in [6.45, 7) is 0. The van der Waals surface area contributed by atoms with Crippen molar-refractivity contribution in [3.05, 3.63) is 92.0 Å². The summed E-state index contributed by atoms with van der Waals surface area (Å²) in [4.78, 5) is 46.6. The van der Waals surface area contributed by atoms with Crippen LogP contribution >= 0.6 is 0 Å². The minimum Gasteiger partial charge on any atom is -0.494 e. The Balaban J connectivity index is 1.87. The number of nitrogens with one attached hydrogen (secondary N) is 2. The second-order valence-electron chi connectivity index (χ2n) is 6.74. The van der Waals surface area contributed by atoms with Crippen molar-refractivity contribution in [3.8, 4) is 11.5 Å². The largest absolute Gasteiger partial charge is 0.494 e. The summed E-state index contributed by atoms with van der Waals surface area (Å²) in [6, 6.07) is 13.3. The minimum absolute atomic E-state index is 0.0151. The maximum atomic E-state index is 12.9. The lowest BCUT2D eigenvalue weighted by atomic mass is 10.1. The highest BCUT2D eigenvalue weighted by molar-refractivity contribution is 6.15. The van der Waals surface area contributed by atoms with Gasteiger partial charge < -0.3 is 20.1 Å². The van der Waals surface area contributed by atoms with E-state index in [1.807, 2.05) is 0 Å². The van der Waals surface area contributed by atoms with Crippen molar-refractivity contribution in [2.24, 2.45) is 0 Å². The summed E-state index contributed by atoms with van der Waals surface area (Å²) in [5.41, 5.74) is -0.0587. The van der Waals surface area contributed by atoms with Crippen molar-refractivity contribution in [2.45, 2.75) is 0 Å². The van der Waals surface area contributed by atoms with Gasteiger partial charge in [-0.05, 0) is 24.3 Å². The van der Waals surface area contributed by atoms with Gasteiger partial charge in [0.2, 0.25) is 0 Å². The topological polar surface area (TPSA) is 163 Å². The molecule has 3 rings (SSSR count). The first kappa shape index (κ1) is 23.7. The Kier molecular flexibility index (Phi) is 7.01. The van der Waals surface area contributed by atoms with Crippen molar-refractivity contribution in [3.63, 3.8) is 0 Å². The number of amides is 2. The molecular formula is C22H18N4O8. The number of nitro benzene ring substituents is 2. The normalized spacial score (nSPS) is 10.2. The number of rotatable bonds is 8. The molecule has 12 nitrogen and oxygen atoms in total. The van der Waals surface area contributed by atoms with Crippen LogP contribution in [0.5, 0.6) is 11.5 Å². The first-order valence-corrected chi connectivity index (χ1v) is 9.61. The SMILES string of the molecule is COc1cc([N+](=O)[O-])ccc1NC(=O)c1ccccc1C(=O)Nc1ccc([N+](=O)[O-])cc1OC. The maximum absolute atomic E-state index is 12.9. The van der Waals surface area contributed by atoms with E-state index in [2.05, 4.69) is 10.6 Å². The van der Waals surface area contributed by atoms with E-state index in [9.17, 15) is 29.8 Å². The number of methoxy groups -OCH3 is 2. The number of anilines is 2. The molecule has 0 unspecified atom stereocenters. The van der Waals surface area contributed by atoms with E-state index in [1.54, 1.807) is 12.1 Å². The van der Waals surface area contributed by atoms with Crippen LogP contribution in [0.1, 0.15) is 20.7 Å². The van der Waals surface area contributed by atoms with Crippen LogP contribution in [0.15, 0.2) is 60.7 Å². The van der Waals surface area contributed by atoms with Crippen LogP contribution in [-0.2, 0) is 0 Å². The van der Waals surface area contributed by atoms with Crippen molar-refractivity contribution >= 4 is 34.6 Å². The minimum atomic E-state index is -0.659. The molecule has 0 saturated carbocycles. The third kappa shape index (κ3) is 5.07. The van der Waals surface area contributed by atoms with E-state index in [1.165, 1.54) is 50.6 Å². The predicted octanol–water partition coefficient (Wildman–Crippen LogP) is 4.02. The molecule has 0 aromatic heterocycles. The highest BCUT2D eigenvalue weighted by Gasteiger charge is 2.21. The molecule has 3 aromatic carbocycles. The van der Waals surface area contributed by atoms with Gasteiger partial charge in [-0.15, -0.1) is 0 Å². The van der Waals surface area contributed by atoms with E-state index in [0.717, 1.165) is 12.1 Å². The van der Waals surface area contributed by atoms with Crippen LogP contribution in [0, 0.1) is 20.2 Å². The molecule has 3 aromatic rings. The zero-order chi connectivity index (χ0) is 24.8. The van der Waals surface area contributed by atoms with Gasteiger partial charge >= 0.3 is 0 Å². The Hall–Kier alpha value is -5.00. The number of benzene rings is 3. The second-order valence-corrected chi connectivity index (χ2v) is 6.74. The highest BCUT2D eigenvalue weighted by Crippen LogP contribution is 2.31. The number of carbonyl (C=O) groups is 2. The van der Waals surface area contributed by atoms with Gasteiger partial charge in [0.15, 0.2) is 0 Å². The summed E-state index contributed by atoms with van der Waals surface area (Å²) < 4.78 is 10.2. The fourth-order valence-corrected chi connectivity index (χ4v) is 3.05. The van der Waals surface area contributed by atoms with Crippen LogP contribution < -0.4 is 20.1 Å². The number of non-ortho nitro benzene ring substituents is 2. The van der Waals surface area contributed by atoms with Crippen LogP contribution in [0.25, 0.3) is 0 Å². The van der Waals surface area contributed by atoms with E-state index in [-0.39, 0.29) is 45.4 Å². The van der Waals surface area contributed by atoms with Crippen molar-refractivity contribution < 1.29 is 28.9 Å². The number of nitrogens with zero attached hydrogens (tertiary/aromatic N) is 2. The molecule has 0 heterocycles.